The minimum absolute atomic E-state index is 0.118. The van der Waals surface area contributed by atoms with Crippen molar-refractivity contribution in [1.82, 2.24) is 5.32 Å². The Bertz CT molecular complexity index is 629. The smallest absolute Gasteiger partial charge is 0.232 e. The highest BCUT2D eigenvalue weighted by Crippen LogP contribution is 2.21. The van der Waals surface area contributed by atoms with Gasteiger partial charge in [-0.3, -0.25) is 9.10 Å². The zero-order valence-corrected chi connectivity index (χ0v) is 15.1. The summed E-state index contributed by atoms with van der Waals surface area (Å²) in [5, 5.41) is 2.76. The molecule has 0 aliphatic heterocycles. The molecule has 0 saturated heterocycles. The molecule has 0 bridgehead atoms. The zero-order chi connectivity index (χ0) is 17.5. The number of carbonyl (C=O) groups is 1. The molecule has 6 nitrogen and oxygen atoms in total. The number of aryl methyl sites for hydroxylation is 2. The average Bonchev–Trinajstić information content (AvgIpc) is 2.46. The highest BCUT2D eigenvalue weighted by Gasteiger charge is 2.18. The first-order chi connectivity index (χ1) is 10.8. The molecule has 0 unspecified atom stereocenters. The summed E-state index contributed by atoms with van der Waals surface area (Å²) < 4.78 is 30.2. The van der Waals surface area contributed by atoms with Crippen molar-refractivity contribution in [1.29, 1.82) is 0 Å². The summed E-state index contributed by atoms with van der Waals surface area (Å²) in [6, 6.07) is 5.47. The van der Waals surface area contributed by atoms with Gasteiger partial charge in [-0.25, -0.2) is 8.42 Å². The van der Waals surface area contributed by atoms with Gasteiger partial charge in [0.1, 0.15) is 0 Å². The summed E-state index contributed by atoms with van der Waals surface area (Å²) in [7, 11) is -1.83. The predicted octanol–water partition coefficient (Wildman–Crippen LogP) is 1.61. The molecule has 0 radical (unpaired) electrons. The van der Waals surface area contributed by atoms with Crippen LogP contribution in [0, 0.1) is 13.8 Å². The first kappa shape index (κ1) is 19.4. The number of nitrogens with one attached hydrogen (secondary N) is 1. The van der Waals surface area contributed by atoms with Crippen LogP contribution in [0.25, 0.3) is 0 Å². The Morgan fingerprint density at radius 1 is 1.26 bits per heavy atom. The maximum absolute atomic E-state index is 12.0. The van der Waals surface area contributed by atoms with Crippen LogP contribution in [0.15, 0.2) is 18.2 Å². The Morgan fingerprint density at radius 3 is 2.52 bits per heavy atom. The van der Waals surface area contributed by atoms with E-state index in [0.29, 0.717) is 18.8 Å². The number of hydrogen-bond acceptors (Lipinski definition) is 4. The largest absolute Gasteiger partial charge is 0.385 e. The van der Waals surface area contributed by atoms with Crippen molar-refractivity contribution in [2.45, 2.75) is 26.7 Å². The SMILES string of the molecule is COCCCNC(=O)CCN(c1ccc(C)c(C)c1)S(C)(=O)=O. The second-order valence-electron chi connectivity index (χ2n) is 5.55. The molecular formula is C16H26N2O4S. The van der Waals surface area contributed by atoms with Gasteiger partial charge in [0, 0.05) is 33.2 Å². The van der Waals surface area contributed by atoms with E-state index in [1.165, 1.54) is 4.31 Å². The Balaban J connectivity index is 2.70. The number of anilines is 1. The third-order valence-corrected chi connectivity index (χ3v) is 4.76. The molecule has 0 aliphatic rings. The van der Waals surface area contributed by atoms with Gasteiger partial charge in [0.15, 0.2) is 0 Å². The van der Waals surface area contributed by atoms with Crippen LogP contribution < -0.4 is 9.62 Å². The van der Waals surface area contributed by atoms with Gasteiger partial charge in [0.2, 0.25) is 15.9 Å². The standard InChI is InChI=1S/C16H26N2O4S/c1-13-6-7-15(12-14(13)2)18(23(4,20)21)10-8-16(19)17-9-5-11-22-3/h6-7,12H,5,8-11H2,1-4H3,(H,17,19). The lowest BCUT2D eigenvalue weighted by Gasteiger charge is -2.23. The Hall–Kier alpha value is -1.60. The van der Waals surface area contributed by atoms with Crippen LogP contribution >= 0.6 is 0 Å². The van der Waals surface area contributed by atoms with Crippen molar-refractivity contribution >= 4 is 21.6 Å². The highest BCUT2D eigenvalue weighted by molar-refractivity contribution is 7.92. The van der Waals surface area contributed by atoms with Crippen LogP contribution in [0.3, 0.4) is 0 Å². The molecule has 0 aliphatic carbocycles. The first-order valence-corrected chi connectivity index (χ1v) is 9.41. The number of sulfonamides is 1. The molecule has 0 spiro atoms. The topological polar surface area (TPSA) is 75.7 Å². The van der Waals surface area contributed by atoms with Gasteiger partial charge >= 0.3 is 0 Å². The molecule has 0 aromatic heterocycles. The summed E-state index contributed by atoms with van der Waals surface area (Å²) in [6.07, 6.45) is 2.00. The van der Waals surface area contributed by atoms with Gasteiger partial charge in [-0.05, 0) is 43.5 Å². The van der Waals surface area contributed by atoms with E-state index in [4.69, 9.17) is 4.74 Å². The highest BCUT2D eigenvalue weighted by atomic mass is 32.2. The van der Waals surface area contributed by atoms with Gasteiger partial charge in [0.25, 0.3) is 0 Å². The molecule has 0 atom stereocenters. The van der Waals surface area contributed by atoms with E-state index in [0.717, 1.165) is 23.8 Å². The summed E-state index contributed by atoms with van der Waals surface area (Å²) >= 11 is 0. The van der Waals surface area contributed by atoms with Crippen LogP contribution in [0.1, 0.15) is 24.0 Å². The molecule has 0 fully saturated rings. The Morgan fingerprint density at radius 2 is 1.96 bits per heavy atom. The van der Waals surface area contributed by atoms with E-state index < -0.39 is 10.0 Å². The lowest BCUT2D eigenvalue weighted by Crippen LogP contribution is -2.35. The average molecular weight is 342 g/mol. The number of nitrogens with zero attached hydrogens (tertiary/aromatic N) is 1. The fourth-order valence-electron chi connectivity index (χ4n) is 2.10. The van der Waals surface area contributed by atoms with E-state index in [-0.39, 0.29) is 18.9 Å². The van der Waals surface area contributed by atoms with Crippen LogP contribution in [-0.2, 0) is 19.6 Å². The quantitative estimate of drug-likeness (QED) is 0.692. The van der Waals surface area contributed by atoms with Crippen molar-refractivity contribution in [3.05, 3.63) is 29.3 Å². The normalized spacial score (nSPS) is 11.3. The van der Waals surface area contributed by atoms with Crippen LogP contribution in [0.4, 0.5) is 5.69 Å². The van der Waals surface area contributed by atoms with Crippen molar-refractivity contribution in [3.63, 3.8) is 0 Å². The van der Waals surface area contributed by atoms with Gasteiger partial charge < -0.3 is 10.1 Å². The van der Waals surface area contributed by atoms with Crippen molar-refractivity contribution in [3.8, 4) is 0 Å². The second kappa shape index (κ2) is 8.88. The molecule has 1 rings (SSSR count). The maximum atomic E-state index is 12.0. The first-order valence-electron chi connectivity index (χ1n) is 7.56. The maximum Gasteiger partial charge on any atom is 0.232 e. The number of amides is 1. The van der Waals surface area contributed by atoms with E-state index in [1.807, 2.05) is 26.0 Å². The Labute approximate surface area is 138 Å². The third kappa shape index (κ3) is 6.58. The van der Waals surface area contributed by atoms with E-state index >= 15 is 0 Å². The minimum atomic E-state index is -3.44. The summed E-state index contributed by atoms with van der Waals surface area (Å²) in [5.74, 6) is -0.168. The van der Waals surface area contributed by atoms with E-state index in [1.54, 1.807) is 13.2 Å². The van der Waals surface area contributed by atoms with Crippen LogP contribution in [-0.4, -0.2) is 47.4 Å². The molecule has 7 heteroatoms. The second-order valence-corrected chi connectivity index (χ2v) is 7.46. The number of rotatable bonds is 9. The number of methoxy groups -OCH3 is 1. The number of carbonyl (C=O) groups excluding carboxylic acids is 1. The van der Waals surface area contributed by atoms with Crippen molar-refractivity contribution in [2.24, 2.45) is 0 Å². The molecule has 1 aromatic carbocycles. The van der Waals surface area contributed by atoms with E-state index in [2.05, 4.69) is 5.32 Å². The van der Waals surface area contributed by atoms with Gasteiger partial charge in [0.05, 0.1) is 11.9 Å². The van der Waals surface area contributed by atoms with Gasteiger partial charge in [-0.1, -0.05) is 6.07 Å². The fourth-order valence-corrected chi connectivity index (χ4v) is 3.02. The molecule has 1 aromatic rings. The van der Waals surface area contributed by atoms with Crippen molar-refractivity contribution in [2.75, 3.05) is 37.4 Å². The molecule has 1 N–H and O–H groups in total. The van der Waals surface area contributed by atoms with E-state index in [9.17, 15) is 13.2 Å². The number of hydrogen-bond donors (Lipinski definition) is 1. The lowest BCUT2D eigenvalue weighted by molar-refractivity contribution is -0.120. The lowest BCUT2D eigenvalue weighted by atomic mass is 10.1. The fraction of sp³-hybridized carbons (Fsp3) is 0.562. The van der Waals surface area contributed by atoms with Crippen LogP contribution in [0.2, 0.25) is 0 Å². The third-order valence-electron chi connectivity index (χ3n) is 3.57. The van der Waals surface area contributed by atoms with Gasteiger partial charge in [-0.2, -0.15) is 0 Å². The van der Waals surface area contributed by atoms with Gasteiger partial charge in [-0.15, -0.1) is 0 Å². The van der Waals surface area contributed by atoms with Crippen LogP contribution in [0.5, 0.6) is 0 Å². The summed E-state index contributed by atoms with van der Waals surface area (Å²) in [4.78, 5) is 11.8. The Kier molecular flexibility index (Phi) is 7.51. The monoisotopic (exact) mass is 342 g/mol. The van der Waals surface area contributed by atoms with Crippen molar-refractivity contribution < 1.29 is 17.9 Å². The summed E-state index contributed by atoms with van der Waals surface area (Å²) in [6.45, 7) is 5.13. The molecule has 130 valence electrons. The molecular weight excluding hydrogens is 316 g/mol. The number of ether oxygens (including phenoxy) is 1. The predicted molar refractivity (Wildman–Crippen MR) is 92.2 cm³/mol. The number of benzene rings is 1. The molecule has 1 amide bonds. The minimum Gasteiger partial charge on any atom is -0.385 e. The molecule has 23 heavy (non-hydrogen) atoms. The zero-order valence-electron chi connectivity index (χ0n) is 14.3. The summed E-state index contributed by atoms with van der Waals surface area (Å²) in [5.41, 5.74) is 2.70. The molecule has 0 saturated carbocycles. The molecule has 0 heterocycles.